The molecule has 4 rings (SSSR count). The van der Waals surface area contributed by atoms with Crippen LogP contribution in [-0.4, -0.2) is 39.8 Å². The summed E-state index contributed by atoms with van der Waals surface area (Å²) < 4.78 is 43.3. The van der Waals surface area contributed by atoms with E-state index in [1.54, 1.807) is 6.07 Å². The molecule has 1 heterocycles. The molecule has 0 saturated heterocycles. The van der Waals surface area contributed by atoms with Crippen molar-refractivity contribution in [2.45, 2.75) is 43.5 Å². The Labute approximate surface area is 214 Å². The van der Waals surface area contributed by atoms with E-state index < -0.39 is 35.9 Å². The van der Waals surface area contributed by atoms with Crippen LogP contribution < -0.4 is 16.8 Å². The van der Waals surface area contributed by atoms with Crippen molar-refractivity contribution < 1.29 is 23.1 Å². The molecule has 6 N–H and O–H groups in total. The number of aliphatic hydroxyl groups excluding tert-OH is 1. The maximum atomic E-state index is 15.0. The molecule has 4 atom stereocenters. The fourth-order valence-corrected chi connectivity index (χ4v) is 4.81. The third-order valence-corrected chi connectivity index (χ3v) is 6.75. The summed E-state index contributed by atoms with van der Waals surface area (Å²) in [6.07, 6.45) is 0.0733. The molecule has 3 aromatic rings. The first kappa shape index (κ1) is 26.1. The van der Waals surface area contributed by atoms with E-state index in [1.807, 2.05) is 0 Å². The highest BCUT2D eigenvalue weighted by molar-refractivity contribution is 9.10. The molecule has 0 bridgehead atoms. The molecule has 1 aliphatic rings. The van der Waals surface area contributed by atoms with Crippen LogP contribution in [0, 0.1) is 11.6 Å². The molecule has 1 unspecified atom stereocenters. The molecule has 190 valence electrons. The number of hydrogen-bond donors (Lipinski definition) is 4. The SMILES string of the molecule is NCC(NC(=O)c1ccc(-c2nc([C@H]3CC[C@H](O)[C@H](F)C3)cnc2N)cc1F)c1cc(F)cc(Br)c1. The van der Waals surface area contributed by atoms with Gasteiger partial charge in [0, 0.05) is 22.5 Å². The zero-order valence-corrected chi connectivity index (χ0v) is 20.7. The number of aliphatic hydroxyl groups is 1. The number of carbonyl (C=O) groups is 1. The van der Waals surface area contributed by atoms with Gasteiger partial charge in [0.15, 0.2) is 0 Å². The molecule has 1 aromatic heterocycles. The largest absolute Gasteiger partial charge is 0.390 e. The number of amides is 1. The Hall–Kier alpha value is -3.02. The lowest BCUT2D eigenvalue weighted by Gasteiger charge is -2.28. The molecule has 2 aromatic carbocycles. The monoisotopic (exact) mass is 563 g/mol. The molecule has 1 saturated carbocycles. The molecule has 11 heteroatoms. The van der Waals surface area contributed by atoms with Crippen LogP contribution in [0.5, 0.6) is 0 Å². The fraction of sp³-hybridized carbons (Fsp3) is 0.320. The van der Waals surface area contributed by atoms with E-state index >= 15 is 4.39 Å². The van der Waals surface area contributed by atoms with Crippen molar-refractivity contribution in [3.05, 3.63) is 75.5 Å². The molecular weight excluding hydrogens is 539 g/mol. The summed E-state index contributed by atoms with van der Waals surface area (Å²) in [6, 6.07) is 7.29. The number of aromatic nitrogens is 2. The summed E-state index contributed by atoms with van der Waals surface area (Å²) in [5.74, 6) is -2.24. The van der Waals surface area contributed by atoms with Gasteiger partial charge in [-0.3, -0.25) is 4.79 Å². The van der Waals surface area contributed by atoms with Gasteiger partial charge in [0.25, 0.3) is 5.91 Å². The number of hydrogen-bond acceptors (Lipinski definition) is 6. The van der Waals surface area contributed by atoms with E-state index in [2.05, 4.69) is 31.2 Å². The second-order valence-corrected chi connectivity index (χ2v) is 9.70. The van der Waals surface area contributed by atoms with E-state index in [0.29, 0.717) is 34.1 Å². The molecule has 1 amide bonds. The smallest absolute Gasteiger partial charge is 0.254 e. The Kier molecular flexibility index (Phi) is 7.91. The number of rotatable bonds is 6. The minimum Gasteiger partial charge on any atom is -0.390 e. The van der Waals surface area contributed by atoms with E-state index in [-0.39, 0.29) is 36.0 Å². The van der Waals surface area contributed by atoms with Gasteiger partial charge in [-0.25, -0.2) is 23.1 Å². The molecule has 0 radical (unpaired) electrons. The van der Waals surface area contributed by atoms with Crippen molar-refractivity contribution in [3.8, 4) is 11.3 Å². The number of halogens is 4. The van der Waals surface area contributed by atoms with Gasteiger partial charge in [-0.1, -0.05) is 22.0 Å². The van der Waals surface area contributed by atoms with E-state index in [1.165, 1.54) is 30.5 Å². The number of carbonyl (C=O) groups excluding carboxylic acids is 1. The van der Waals surface area contributed by atoms with Crippen LogP contribution in [0.2, 0.25) is 0 Å². The van der Waals surface area contributed by atoms with Crippen LogP contribution in [0.15, 0.2) is 47.1 Å². The van der Waals surface area contributed by atoms with Gasteiger partial charge in [-0.05, 0) is 55.2 Å². The highest BCUT2D eigenvalue weighted by atomic mass is 79.9. The van der Waals surface area contributed by atoms with Gasteiger partial charge >= 0.3 is 0 Å². The summed E-state index contributed by atoms with van der Waals surface area (Å²) >= 11 is 3.20. The van der Waals surface area contributed by atoms with Crippen molar-refractivity contribution in [2.75, 3.05) is 12.3 Å². The van der Waals surface area contributed by atoms with Crippen LogP contribution in [-0.2, 0) is 0 Å². The Balaban J connectivity index is 1.56. The Morgan fingerprint density at radius 2 is 2.00 bits per heavy atom. The Morgan fingerprint density at radius 1 is 1.22 bits per heavy atom. The number of nitrogen functional groups attached to an aromatic ring is 1. The van der Waals surface area contributed by atoms with Crippen molar-refractivity contribution in [1.82, 2.24) is 15.3 Å². The van der Waals surface area contributed by atoms with Crippen molar-refractivity contribution >= 4 is 27.7 Å². The van der Waals surface area contributed by atoms with E-state index in [0.717, 1.165) is 6.07 Å². The third-order valence-electron chi connectivity index (χ3n) is 6.29. The summed E-state index contributed by atoms with van der Waals surface area (Å²) in [7, 11) is 0. The van der Waals surface area contributed by atoms with E-state index in [4.69, 9.17) is 11.5 Å². The Morgan fingerprint density at radius 3 is 2.67 bits per heavy atom. The lowest BCUT2D eigenvalue weighted by Crippen LogP contribution is -2.34. The van der Waals surface area contributed by atoms with Crippen molar-refractivity contribution in [2.24, 2.45) is 5.73 Å². The predicted octanol–water partition coefficient (Wildman–Crippen LogP) is 4.16. The second-order valence-electron chi connectivity index (χ2n) is 8.78. The molecule has 36 heavy (non-hydrogen) atoms. The van der Waals surface area contributed by atoms with Crippen molar-refractivity contribution in [3.63, 3.8) is 0 Å². The number of anilines is 1. The highest BCUT2D eigenvalue weighted by Gasteiger charge is 2.31. The summed E-state index contributed by atoms with van der Waals surface area (Å²) in [5, 5.41) is 12.3. The Bertz CT molecular complexity index is 1260. The normalized spacial score (nSPS) is 20.7. The molecule has 0 aliphatic heterocycles. The quantitative estimate of drug-likeness (QED) is 0.356. The van der Waals surface area contributed by atoms with Crippen LogP contribution in [0.4, 0.5) is 19.0 Å². The zero-order valence-electron chi connectivity index (χ0n) is 19.1. The van der Waals surface area contributed by atoms with Gasteiger partial charge in [-0.2, -0.15) is 0 Å². The van der Waals surface area contributed by atoms with Gasteiger partial charge in [0.2, 0.25) is 0 Å². The molecule has 1 aliphatic carbocycles. The lowest BCUT2D eigenvalue weighted by molar-refractivity contribution is 0.0363. The number of alkyl halides is 1. The number of nitrogens with two attached hydrogens (primary N) is 2. The average molecular weight is 564 g/mol. The van der Waals surface area contributed by atoms with Crippen LogP contribution in [0.1, 0.15) is 52.8 Å². The summed E-state index contributed by atoms with van der Waals surface area (Å²) in [5.41, 5.74) is 13.0. The van der Waals surface area contributed by atoms with Crippen LogP contribution >= 0.6 is 15.9 Å². The van der Waals surface area contributed by atoms with Crippen molar-refractivity contribution in [1.29, 1.82) is 0 Å². The summed E-state index contributed by atoms with van der Waals surface area (Å²) in [4.78, 5) is 21.4. The number of nitrogens with one attached hydrogen (secondary N) is 1. The third kappa shape index (κ3) is 5.69. The zero-order chi connectivity index (χ0) is 26.0. The summed E-state index contributed by atoms with van der Waals surface area (Å²) in [6.45, 7) is -0.0296. The van der Waals surface area contributed by atoms with Gasteiger partial charge in [0.05, 0.1) is 29.6 Å². The number of nitrogens with zero attached hydrogens (tertiary/aromatic N) is 2. The fourth-order valence-electron chi connectivity index (χ4n) is 4.33. The van der Waals surface area contributed by atoms with Crippen LogP contribution in [0.3, 0.4) is 0 Å². The first-order valence-corrected chi connectivity index (χ1v) is 12.2. The maximum absolute atomic E-state index is 15.0. The van der Waals surface area contributed by atoms with Gasteiger partial charge in [-0.15, -0.1) is 0 Å². The first-order valence-electron chi connectivity index (χ1n) is 11.4. The second kappa shape index (κ2) is 10.9. The minimum absolute atomic E-state index is 0.0296. The molecule has 1 fully saturated rings. The van der Waals surface area contributed by atoms with Gasteiger partial charge < -0.3 is 21.9 Å². The highest BCUT2D eigenvalue weighted by Crippen LogP contribution is 2.35. The molecular formula is C25H25BrF3N5O2. The minimum atomic E-state index is -1.35. The number of benzene rings is 2. The topological polar surface area (TPSA) is 127 Å². The maximum Gasteiger partial charge on any atom is 0.254 e. The van der Waals surface area contributed by atoms with Crippen LogP contribution in [0.25, 0.3) is 11.3 Å². The molecule has 0 spiro atoms. The lowest BCUT2D eigenvalue weighted by atomic mass is 9.84. The predicted molar refractivity (Wildman–Crippen MR) is 133 cm³/mol. The standard InChI is InChI=1S/C25H25BrF3N5O2/c26-15-5-14(6-16(27)9-15)20(10-30)34-25(36)17-3-1-13(8-18(17)28)23-24(31)32-11-21(33-23)12-2-4-22(35)19(29)7-12/h1,3,5-6,8-9,11-12,19-20,22,35H,2,4,7,10,30H2,(H2,31,32)(H,34,36)/t12-,19+,20?,22-/m0/s1. The average Bonchev–Trinajstić information content (AvgIpc) is 2.83. The van der Waals surface area contributed by atoms with E-state index in [9.17, 15) is 18.7 Å². The first-order chi connectivity index (χ1) is 17.2. The van der Waals surface area contributed by atoms with Gasteiger partial charge in [0.1, 0.15) is 29.3 Å². The molecule has 7 nitrogen and oxygen atoms in total.